The number of nitrogens with one attached hydrogen (secondary N) is 1. The Hall–Kier alpha value is -2.02. The average molecular weight is 402 g/mol. The lowest BCUT2D eigenvalue weighted by Crippen LogP contribution is -2.57. The monoisotopic (exact) mass is 401 g/mol. The molecule has 2 heterocycles. The molecule has 150 valence electrons. The van der Waals surface area contributed by atoms with E-state index in [-0.39, 0.29) is 36.3 Å². The number of hydrogen-bond acceptors (Lipinski definition) is 4. The second-order valence-electron chi connectivity index (χ2n) is 8.20. The highest BCUT2D eigenvalue weighted by atomic mass is 32.2. The molecule has 0 spiro atoms. The maximum absolute atomic E-state index is 12.6. The zero-order chi connectivity index (χ0) is 19.7. The number of nitrogens with zero attached hydrogens (tertiary/aromatic N) is 2. The molecule has 0 radical (unpaired) electrons. The molecule has 1 aromatic carbocycles. The topological polar surface area (TPSA) is 69.7 Å². The number of amides is 3. The first-order valence-corrected chi connectivity index (χ1v) is 11.2. The number of hydrogen-bond donors (Lipinski definition) is 1. The van der Waals surface area contributed by atoms with E-state index < -0.39 is 0 Å². The molecule has 2 aliphatic heterocycles. The molecule has 1 saturated carbocycles. The molecular formula is C21H27N3O3S. The van der Waals surface area contributed by atoms with E-state index in [2.05, 4.69) is 12.2 Å². The number of fused-ring (bicyclic) bond motifs is 1. The predicted octanol–water partition coefficient (Wildman–Crippen LogP) is 2.24. The van der Waals surface area contributed by atoms with Crippen molar-refractivity contribution in [3.8, 4) is 0 Å². The summed E-state index contributed by atoms with van der Waals surface area (Å²) in [6, 6.07) is 7.34. The number of benzene rings is 1. The SMILES string of the molecule is CC1CCC(NC(=O)c2ccc(CN3CC(=O)N4CSCC4C3=O)cc2)CC1. The molecule has 28 heavy (non-hydrogen) atoms. The number of piperazine rings is 1. The van der Waals surface area contributed by atoms with Crippen LogP contribution in [0.15, 0.2) is 24.3 Å². The van der Waals surface area contributed by atoms with Gasteiger partial charge >= 0.3 is 0 Å². The molecule has 1 N–H and O–H groups in total. The molecule has 1 aromatic rings. The summed E-state index contributed by atoms with van der Waals surface area (Å²) in [6.07, 6.45) is 4.44. The van der Waals surface area contributed by atoms with Crippen LogP contribution in [0.2, 0.25) is 0 Å². The van der Waals surface area contributed by atoms with Crippen LogP contribution in [0, 0.1) is 5.92 Å². The van der Waals surface area contributed by atoms with E-state index in [0.717, 1.165) is 24.3 Å². The van der Waals surface area contributed by atoms with Crippen LogP contribution in [-0.2, 0) is 16.1 Å². The van der Waals surface area contributed by atoms with Gasteiger partial charge in [-0.25, -0.2) is 0 Å². The van der Waals surface area contributed by atoms with E-state index in [1.807, 2.05) is 24.3 Å². The van der Waals surface area contributed by atoms with Crippen molar-refractivity contribution in [2.75, 3.05) is 18.2 Å². The van der Waals surface area contributed by atoms with Gasteiger partial charge in [-0.1, -0.05) is 19.1 Å². The number of rotatable bonds is 4. The van der Waals surface area contributed by atoms with E-state index in [1.165, 1.54) is 12.8 Å². The van der Waals surface area contributed by atoms with Crippen LogP contribution >= 0.6 is 11.8 Å². The molecule has 3 amide bonds. The Morgan fingerprint density at radius 1 is 1.14 bits per heavy atom. The van der Waals surface area contributed by atoms with Crippen LogP contribution in [0.4, 0.5) is 0 Å². The van der Waals surface area contributed by atoms with Gasteiger partial charge in [-0.05, 0) is 49.3 Å². The molecule has 0 bridgehead atoms. The van der Waals surface area contributed by atoms with Gasteiger partial charge in [0.25, 0.3) is 5.91 Å². The molecule has 7 heteroatoms. The number of carbonyl (C=O) groups excluding carboxylic acids is 3. The number of carbonyl (C=O) groups is 3. The van der Waals surface area contributed by atoms with E-state index in [1.54, 1.807) is 21.6 Å². The normalized spacial score (nSPS) is 27.7. The molecule has 2 saturated heterocycles. The quantitative estimate of drug-likeness (QED) is 0.840. The van der Waals surface area contributed by atoms with Crippen molar-refractivity contribution in [1.82, 2.24) is 15.1 Å². The molecule has 3 aliphatic rings. The van der Waals surface area contributed by atoms with Crippen LogP contribution in [0.25, 0.3) is 0 Å². The van der Waals surface area contributed by atoms with Gasteiger partial charge in [0.05, 0.1) is 5.88 Å². The van der Waals surface area contributed by atoms with Crippen molar-refractivity contribution in [2.24, 2.45) is 5.92 Å². The molecule has 3 fully saturated rings. The van der Waals surface area contributed by atoms with Crippen molar-refractivity contribution in [1.29, 1.82) is 0 Å². The largest absolute Gasteiger partial charge is 0.349 e. The molecular weight excluding hydrogens is 374 g/mol. The lowest BCUT2D eigenvalue weighted by molar-refractivity contribution is -0.153. The molecule has 1 aliphatic carbocycles. The summed E-state index contributed by atoms with van der Waals surface area (Å²) in [5.41, 5.74) is 1.57. The number of thioether (sulfide) groups is 1. The Morgan fingerprint density at radius 3 is 2.57 bits per heavy atom. The second kappa shape index (κ2) is 8.15. The van der Waals surface area contributed by atoms with E-state index >= 15 is 0 Å². The Kier molecular flexibility index (Phi) is 5.62. The fourth-order valence-corrected chi connectivity index (χ4v) is 5.40. The van der Waals surface area contributed by atoms with Crippen molar-refractivity contribution in [3.05, 3.63) is 35.4 Å². The summed E-state index contributed by atoms with van der Waals surface area (Å²) in [5, 5.41) is 3.14. The molecule has 0 aromatic heterocycles. The zero-order valence-corrected chi connectivity index (χ0v) is 17.0. The van der Waals surface area contributed by atoms with Crippen molar-refractivity contribution >= 4 is 29.5 Å². The first kappa shape index (κ1) is 19.3. The standard InChI is InChI=1S/C21H27N3O3S/c1-14-2-8-17(9-3-14)22-20(26)16-6-4-15(5-7-16)10-23-11-19(25)24-13-28-12-18(24)21(23)27/h4-7,14,17-18H,2-3,8-13H2,1H3,(H,22,26). The van der Waals surface area contributed by atoms with E-state index in [0.29, 0.717) is 23.7 Å². The van der Waals surface area contributed by atoms with Gasteiger partial charge < -0.3 is 15.1 Å². The summed E-state index contributed by atoms with van der Waals surface area (Å²) < 4.78 is 0. The lowest BCUT2D eigenvalue weighted by Gasteiger charge is -2.35. The lowest BCUT2D eigenvalue weighted by atomic mass is 9.87. The minimum Gasteiger partial charge on any atom is -0.349 e. The third kappa shape index (κ3) is 4.04. The summed E-state index contributed by atoms with van der Waals surface area (Å²) in [7, 11) is 0. The highest BCUT2D eigenvalue weighted by Gasteiger charge is 2.42. The minimum atomic E-state index is -0.311. The smallest absolute Gasteiger partial charge is 0.251 e. The Morgan fingerprint density at radius 2 is 1.86 bits per heavy atom. The molecule has 4 rings (SSSR count). The van der Waals surface area contributed by atoms with Gasteiger partial charge in [-0.3, -0.25) is 14.4 Å². The summed E-state index contributed by atoms with van der Waals surface area (Å²) in [4.78, 5) is 40.7. The minimum absolute atomic E-state index is 0.0207. The fraction of sp³-hybridized carbons (Fsp3) is 0.571. The first-order chi connectivity index (χ1) is 13.5. The van der Waals surface area contributed by atoms with Crippen LogP contribution in [-0.4, -0.2) is 57.8 Å². The second-order valence-corrected chi connectivity index (χ2v) is 9.20. The first-order valence-electron chi connectivity index (χ1n) is 10.1. The summed E-state index contributed by atoms with van der Waals surface area (Å²) in [5.74, 6) is 2.07. The van der Waals surface area contributed by atoms with Gasteiger partial charge in [0.1, 0.15) is 12.6 Å². The zero-order valence-electron chi connectivity index (χ0n) is 16.2. The summed E-state index contributed by atoms with van der Waals surface area (Å²) in [6.45, 7) is 2.81. The van der Waals surface area contributed by atoms with Crippen LogP contribution in [0.1, 0.15) is 48.5 Å². The molecule has 1 atom stereocenters. The van der Waals surface area contributed by atoms with Crippen molar-refractivity contribution in [3.63, 3.8) is 0 Å². The Balaban J connectivity index is 1.35. The van der Waals surface area contributed by atoms with Crippen LogP contribution in [0.3, 0.4) is 0 Å². The third-order valence-electron chi connectivity index (χ3n) is 6.07. The van der Waals surface area contributed by atoms with Crippen LogP contribution < -0.4 is 5.32 Å². The van der Waals surface area contributed by atoms with Crippen molar-refractivity contribution < 1.29 is 14.4 Å². The molecule has 6 nitrogen and oxygen atoms in total. The van der Waals surface area contributed by atoms with Gasteiger partial charge in [0.2, 0.25) is 11.8 Å². The Labute approximate surface area is 170 Å². The van der Waals surface area contributed by atoms with Gasteiger partial charge in [0, 0.05) is 23.9 Å². The fourth-order valence-electron chi connectivity index (χ4n) is 4.22. The van der Waals surface area contributed by atoms with Gasteiger partial charge in [0.15, 0.2) is 0 Å². The van der Waals surface area contributed by atoms with Crippen LogP contribution in [0.5, 0.6) is 0 Å². The average Bonchev–Trinajstić information content (AvgIpc) is 3.19. The van der Waals surface area contributed by atoms with Gasteiger partial charge in [-0.15, -0.1) is 11.8 Å². The predicted molar refractivity (Wildman–Crippen MR) is 109 cm³/mol. The highest BCUT2D eigenvalue weighted by molar-refractivity contribution is 7.99. The van der Waals surface area contributed by atoms with Crippen molar-refractivity contribution in [2.45, 2.75) is 51.2 Å². The third-order valence-corrected chi connectivity index (χ3v) is 7.08. The summed E-state index contributed by atoms with van der Waals surface area (Å²) >= 11 is 1.63. The molecule has 1 unspecified atom stereocenters. The van der Waals surface area contributed by atoms with E-state index in [9.17, 15) is 14.4 Å². The Bertz CT molecular complexity index is 759. The van der Waals surface area contributed by atoms with E-state index in [4.69, 9.17) is 0 Å². The maximum atomic E-state index is 12.6. The maximum Gasteiger partial charge on any atom is 0.251 e. The highest BCUT2D eigenvalue weighted by Crippen LogP contribution is 2.27. The van der Waals surface area contributed by atoms with Gasteiger partial charge in [-0.2, -0.15) is 0 Å².